The van der Waals surface area contributed by atoms with E-state index in [4.69, 9.17) is 5.73 Å². The molecular weight excluding hydrogens is 106 g/mol. The zero-order valence-electron chi connectivity index (χ0n) is 4.04. The summed E-state index contributed by atoms with van der Waals surface area (Å²) in [7, 11) is -0.0262. The maximum atomic E-state index is 5.36. The summed E-state index contributed by atoms with van der Waals surface area (Å²) >= 11 is 0. The first-order valence-electron chi connectivity index (χ1n) is 2.24. The third-order valence-corrected chi connectivity index (χ3v) is 2.41. The van der Waals surface area contributed by atoms with Crippen LogP contribution < -0.4 is 5.73 Å². The van der Waals surface area contributed by atoms with E-state index in [9.17, 15) is 0 Å². The molecule has 0 saturated heterocycles. The number of hydrogen-bond donors (Lipinski definition) is 2. The number of rotatable bonds is 1. The normalized spacial score (nSPS) is 21.6. The maximum Gasteiger partial charge on any atom is 0.0276 e. The largest absolute Gasteiger partial charge is 0.323 e. The monoisotopic (exact) mass is 115 g/mol. The van der Waals surface area contributed by atoms with Crippen LogP contribution in [-0.2, 0) is 0 Å². The molecule has 0 aromatic carbocycles. The first-order valence-corrected chi connectivity index (χ1v) is 3.91. The number of thiol groups is 1. The Balaban J connectivity index is 2.44. The second-order valence-corrected chi connectivity index (χ2v) is 3.37. The second-order valence-electron chi connectivity index (χ2n) is 1.38. The van der Waals surface area contributed by atoms with Gasteiger partial charge in [0.15, 0.2) is 0 Å². The summed E-state index contributed by atoms with van der Waals surface area (Å²) in [4.78, 5) is 0. The summed E-state index contributed by atoms with van der Waals surface area (Å²) < 4.78 is 0. The first-order chi connectivity index (χ1) is 3.43. The highest BCUT2D eigenvalue weighted by Gasteiger charge is 1.91. The van der Waals surface area contributed by atoms with E-state index >= 15 is 0 Å². The summed E-state index contributed by atoms with van der Waals surface area (Å²) in [5, 5.41) is 4.32. The molecule has 0 atom stereocenters. The number of allylic oxidation sites excluding steroid dienone is 2. The molecule has 1 aliphatic heterocycles. The molecule has 2 heteroatoms. The second kappa shape index (κ2) is 2.19. The van der Waals surface area contributed by atoms with E-state index in [1.165, 1.54) is 0 Å². The highest BCUT2D eigenvalue weighted by Crippen LogP contribution is 2.29. The minimum Gasteiger partial charge on any atom is -0.323 e. The lowest BCUT2D eigenvalue weighted by Crippen LogP contribution is -1.94. The van der Waals surface area contributed by atoms with Gasteiger partial charge in [-0.15, -0.1) is 0 Å². The molecule has 0 unspecified atom stereocenters. The van der Waals surface area contributed by atoms with Crippen LogP contribution in [0.4, 0.5) is 0 Å². The molecule has 1 rings (SSSR count). The minimum atomic E-state index is -0.0262. The molecule has 0 saturated carbocycles. The summed E-state index contributed by atoms with van der Waals surface area (Å²) in [5.74, 6) is 0.808. The summed E-state index contributed by atoms with van der Waals surface area (Å²) in [6.07, 6.45) is 4.11. The van der Waals surface area contributed by atoms with Gasteiger partial charge in [0.25, 0.3) is 0 Å². The predicted octanol–water partition coefficient (Wildman–Crippen LogP) is 0.945. The Labute approximate surface area is 46.2 Å². The van der Waals surface area contributed by atoms with Gasteiger partial charge in [0.05, 0.1) is 0 Å². The molecule has 0 radical (unpaired) electrons. The Morgan fingerprint density at radius 2 is 1.86 bits per heavy atom. The Kier molecular flexibility index (Phi) is 1.54. The van der Waals surface area contributed by atoms with Gasteiger partial charge in [-0.3, -0.25) is 0 Å². The molecule has 1 heterocycles. The lowest BCUT2D eigenvalue weighted by molar-refractivity contribution is 1.40. The number of hydrogen-bond acceptors (Lipinski definition) is 1. The van der Waals surface area contributed by atoms with Gasteiger partial charge in [-0.2, -0.15) is 0 Å². The van der Waals surface area contributed by atoms with E-state index in [0.717, 1.165) is 5.88 Å². The van der Waals surface area contributed by atoms with Crippen LogP contribution in [0.3, 0.4) is 0 Å². The first kappa shape index (κ1) is 4.94. The zero-order valence-corrected chi connectivity index (χ0v) is 4.94. The summed E-state index contributed by atoms with van der Waals surface area (Å²) in [6.45, 7) is 0. The minimum absolute atomic E-state index is 0.0262. The Morgan fingerprint density at radius 1 is 1.29 bits per heavy atom. The van der Waals surface area contributed by atoms with Gasteiger partial charge in [0.2, 0.25) is 0 Å². The van der Waals surface area contributed by atoms with Crippen molar-refractivity contribution >= 4 is 10.9 Å². The van der Waals surface area contributed by atoms with Crippen LogP contribution in [0.25, 0.3) is 0 Å². The van der Waals surface area contributed by atoms with Gasteiger partial charge in [-0.05, 0) is 10.8 Å². The Bertz CT molecular complexity index is 94.6. The molecule has 7 heavy (non-hydrogen) atoms. The van der Waals surface area contributed by atoms with Gasteiger partial charge in [0, 0.05) is 5.88 Å². The van der Waals surface area contributed by atoms with Crippen LogP contribution in [0.15, 0.2) is 23.0 Å². The SMILES string of the molecule is NC[SH]1C=CC=C1. The van der Waals surface area contributed by atoms with Crippen LogP contribution in [0.5, 0.6) is 0 Å². The van der Waals surface area contributed by atoms with Crippen LogP contribution in [0.2, 0.25) is 0 Å². The van der Waals surface area contributed by atoms with Gasteiger partial charge < -0.3 is 5.73 Å². The van der Waals surface area contributed by atoms with E-state index in [1.54, 1.807) is 0 Å². The summed E-state index contributed by atoms with van der Waals surface area (Å²) in [6, 6.07) is 0. The van der Waals surface area contributed by atoms with Crippen molar-refractivity contribution in [2.75, 3.05) is 5.88 Å². The van der Waals surface area contributed by atoms with Crippen molar-refractivity contribution < 1.29 is 0 Å². The van der Waals surface area contributed by atoms with E-state index in [2.05, 4.69) is 23.0 Å². The van der Waals surface area contributed by atoms with E-state index in [1.807, 2.05) is 0 Å². The Morgan fingerprint density at radius 3 is 2.14 bits per heavy atom. The lowest BCUT2D eigenvalue weighted by Gasteiger charge is -2.01. The van der Waals surface area contributed by atoms with Crippen LogP contribution in [0, 0.1) is 0 Å². The van der Waals surface area contributed by atoms with Crippen LogP contribution >= 0.6 is 10.9 Å². The van der Waals surface area contributed by atoms with Gasteiger partial charge in [-0.1, -0.05) is 12.2 Å². The topological polar surface area (TPSA) is 26.0 Å². The molecule has 0 fully saturated rings. The van der Waals surface area contributed by atoms with E-state index in [-0.39, 0.29) is 10.9 Å². The third-order valence-electron chi connectivity index (χ3n) is 0.877. The van der Waals surface area contributed by atoms with E-state index < -0.39 is 0 Å². The molecule has 0 aliphatic carbocycles. The predicted molar refractivity (Wildman–Crippen MR) is 36.3 cm³/mol. The van der Waals surface area contributed by atoms with Crippen LogP contribution in [0.1, 0.15) is 0 Å². The molecule has 0 spiro atoms. The van der Waals surface area contributed by atoms with Crippen molar-refractivity contribution in [3.8, 4) is 0 Å². The Hall–Kier alpha value is -0.210. The number of nitrogens with two attached hydrogens (primary N) is 1. The summed E-state index contributed by atoms with van der Waals surface area (Å²) in [5.41, 5.74) is 5.36. The molecule has 2 N–H and O–H groups in total. The molecule has 1 aliphatic rings. The molecule has 0 aromatic rings. The van der Waals surface area contributed by atoms with Crippen molar-refractivity contribution in [3.63, 3.8) is 0 Å². The zero-order chi connectivity index (χ0) is 5.11. The quantitative estimate of drug-likeness (QED) is 0.489. The average molecular weight is 115 g/mol. The van der Waals surface area contributed by atoms with Crippen molar-refractivity contribution in [1.29, 1.82) is 0 Å². The smallest absolute Gasteiger partial charge is 0.0276 e. The highest BCUT2D eigenvalue weighted by atomic mass is 32.2. The fraction of sp³-hybridized carbons (Fsp3) is 0.200. The van der Waals surface area contributed by atoms with Crippen molar-refractivity contribution in [2.24, 2.45) is 5.73 Å². The van der Waals surface area contributed by atoms with E-state index in [0.29, 0.717) is 0 Å². The van der Waals surface area contributed by atoms with Gasteiger partial charge >= 0.3 is 0 Å². The van der Waals surface area contributed by atoms with Gasteiger partial charge in [0.1, 0.15) is 0 Å². The fourth-order valence-electron chi connectivity index (χ4n) is 0.492. The van der Waals surface area contributed by atoms with Crippen molar-refractivity contribution in [1.82, 2.24) is 0 Å². The molecule has 0 bridgehead atoms. The molecular formula is C5H9NS. The lowest BCUT2D eigenvalue weighted by atomic mass is 10.6. The van der Waals surface area contributed by atoms with Crippen molar-refractivity contribution in [2.45, 2.75) is 0 Å². The van der Waals surface area contributed by atoms with Crippen LogP contribution in [-0.4, -0.2) is 5.88 Å². The standard InChI is InChI=1S/C5H9NS/c6-5-7-3-1-2-4-7/h1-4,7H,5-6H2. The molecule has 1 nitrogen and oxygen atoms in total. The molecule has 40 valence electrons. The maximum absolute atomic E-state index is 5.36. The highest BCUT2D eigenvalue weighted by molar-refractivity contribution is 8.22. The molecule has 0 amide bonds. The van der Waals surface area contributed by atoms with Gasteiger partial charge in [-0.25, -0.2) is 10.9 Å². The third kappa shape index (κ3) is 1.08. The average Bonchev–Trinajstić information content (AvgIpc) is 2.14. The van der Waals surface area contributed by atoms with Crippen molar-refractivity contribution in [3.05, 3.63) is 23.0 Å². The molecule has 0 aromatic heterocycles. The fourth-order valence-corrected chi connectivity index (χ4v) is 1.48.